The number of hydrogen-bond acceptors (Lipinski definition) is 4. The minimum atomic E-state index is -0.635. The molecule has 1 aliphatic heterocycles. The second-order valence-corrected chi connectivity index (χ2v) is 7.27. The maximum absolute atomic E-state index is 10.2. The Labute approximate surface area is 162 Å². The molecule has 0 bridgehead atoms. The second-order valence-electron chi connectivity index (χ2n) is 6.84. The summed E-state index contributed by atoms with van der Waals surface area (Å²) >= 11 is 6.12. The van der Waals surface area contributed by atoms with Crippen molar-refractivity contribution in [1.82, 2.24) is 4.90 Å². The van der Waals surface area contributed by atoms with Crippen molar-refractivity contribution in [3.8, 4) is 12.3 Å². The molecule has 0 radical (unpaired) electrons. The molecule has 0 amide bonds. The van der Waals surface area contributed by atoms with Gasteiger partial charge in [0.2, 0.25) is 0 Å². The average molecular weight is 387 g/mol. The number of aliphatic hydroxyl groups is 1. The Morgan fingerprint density at radius 2 is 1.96 bits per heavy atom. The molecule has 4 nitrogen and oxygen atoms in total. The van der Waals surface area contributed by atoms with Crippen LogP contribution in [0, 0.1) is 19.3 Å². The van der Waals surface area contributed by atoms with E-state index in [1.54, 1.807) is 0 Å². The second kappa shape index (κ2) is 9.66. The van der Waals surface area contributed by atoms with Gasteiger partial charge in [-0.15, -0.1) is 18.8 Å². The quantitative estimate of drug-likeness (QED) is 0.762. The van der Waals surface area contributed by atoms with Gasteiger partial charge in [-0.1, -0.05) is 23.6 Å². The highest BCUT2D eigenvalue weighted by Crippen LogP contribution is 2.25. The summed E-state index contributed by atoms with van der Waals surface area (Å²) in [6.45, 7) is 10.3. The summed E-state index contributed by atoms with van der Waals surface area (Å²) in [4.78, 5) is 4.61. The maximum Gasteiger partial charge on any atom is 0.122 e. The van der Waals surface area contributed by atoms with Crippen LogP contribution in [0.15, 0.2) is 18.2 Å². The van der Waals surface area contributed by atoms with E-state index < -0.39 is 11.7 Å². The van der Waals surface area contributed by atoms with E-state index in [0.717, 1.165) is 31.2 Å². The van der Waals surface area contributed by atoms with Gasteiger partial charge in [0.05, 0.1) is 12.7 Å². The van der Waals surface area contributed by atoms with Gasteiger partial charge in [0.15, 0.2) is 0 Å². The lowest BCUT2D eigenvalue weighted by molar-refractivity contribution is -0.0376. The number of terminal acetylenes is 1. The molecular formula is C19H28Cl2N2O2. The molecule has 0 aliphatic carbocycles. The Hall–Kier alpha value is -0.960. The van der Waals surface area contributed by atoms with Crippen LogP contribution in [0.1, 0.15) is 19.4 Å². The first-order valence-corrected chi connectivity index (χ1v) is 8.72. The zero-order chi connectivity index (χ0) is 17.7. The lowest BCUT2D eigenvalue weighted by Gasteiger charge is -2.37. The van der Waals surface area contributed by atoms with Gasteiger partial charge in [-0.05, 0) is 38.5 Å². The molecule has 1 aromatic rings. The summed E-state index contributed by atoms with van der Waals surface area (Å²) in [6.07, 6.45) is 4.86. The number of benzene rings is 1. The lowest BCUT2D eigenvalue weighted by Crippen LogP contribution is -2.49. The standard InChI is InChI=1S/C19H27ClN2O2.ClH/c1-5-19(3,4)24-14-17(23)13-21-8-10-22(11-9-21)18-12-16(20)7-6-15(18)2;/h1,6-7,12,17,23H,8-11,13-14H2,2-4H3;1H. The Morgan fingerprint density at radius 1 is 1.32 bits per heavy atom. The fourth-order valence-corrected chi connectivity index (χ4v) is 2.96. The van der Waals surface area contributed by atoms with E-state index in [1.807, 2.05) is 26.0 Å². The highest BCUT2D eigenvalue weighted by Gasteiger charge is 2.22. The molecular weight excluding hydrogens is 359 g/mol. The number of ether oxygens (including phenoxy) is 1. The molecule has 0 saturated carbocycles. The first kappa shape index (κ1) is 22.1. The van der Waals surface area contributed by atoms with E-state index in [0.29, 0.717) is 6.54 Å². The van der Waals surface area contributed by atoms with E-state index in [4.69, 9.17) is 22.8 Å². The zero-order valence-corrected chi connectivity index (χ0v) is 16.7. The SMILES string of the molecule is C#CC(C)(C)OCC(O)CN1CCN(c2cc(Cl)ccc2C)CC1.Cl. The molecule has 0 aromatic heterocycles. The topological polar surface area (TPSA) is 35.9 Å². The molecule has 25 heavy (non-hydrogen) atoms. The first-order valence-electron chi connectivity index (χ1n) is 8.34. The summed E-state index contributed by atoms with van der Waals surface area (Å²) < 4.78 is 5.56. The van der Waals surface area contributed by atoms with E-state index in [2.05, 4.69) is 28.7 Å². The van der Waals surface area contributed by atoms with Crippen molar-refractivity contribution >= 4 is 29.7 Å². The Balaban J connectivity index is 0.00000312. The largest absolute Gasteiger partial charge is 0.389 e. The highest BCUT2D eigenvalue weighted by molar-refractivity contribution is 6.30. The van der Waals surface area contributed by atoms with Crippen molar-refractivity contribution < 1.29 is 9.84 Å². The van der Waals surface area contributed by atoms with Crippen molar-refractivity contribution in [3.05, 3.63) is 28.8 Å². The Kier molecular flexibility index (Phi) is 8.53. The number of aryl methyl sites for hydroxylation is 1. The number of anilines is 1. The van der Waals surface area contributed by atoms with Gasteiger partial charge in [-0.3, -0.25) is 4.90 Å². The van der Waals surface area contributed by atoms with Gasteiger partial charge in [0.25, 0.3) is 0 Å². The summed E-state index contributed by atoms with van der Waals surface area (Å²) in [5, 5.41) is 10.9. The number of hydrogen-bond donors (Lipinski definition) is 1. The van der Waals surface area contributed by atoms with Gasteiger partial charge in [0.1, 0.15) is 5.60 Å². The van der Waals surface area contributed by atoms with Gasteiger partial charge < -0.3 is 14.7 Å². The van der Waals surface area contributed by atoms with Crippen molar-refractivity contribution in [3.63, 3.8) is 0 Å². The molecule has 1 unspecified atom stereocenters. The van der Waals surface area contributed by atoms with E-state index in [9.17, 15) is 5.11 Å². The summed E-state index contributed by atoms with van der Waals surface area (Å²) in [5.74, 6) is 2.57. The lowest BCUT2D eigenvalue weighted by atomic mass is 10.1. The molecule has 1 aliphatic rings. The minimum absolute atomic E-state index is 0. The molecule has 0 spiro atoms. The van der Waals surface area contributed by atoms with Crippen LogP contribution in [-0.4, -0.2) is 61.0 Å². The van der Waals surface area contributed by atoms with Crippen LogP contribution in [0.5, 0.6) is 0 Å². The summed E-state index contributed by atoms with van der Waals surface area (Å²) in [5.41, 5.74) is 1.80. The normalized spacial score (nSPS) is 16.9. The first-order chi connectivity index (χ1) is 11.3. The van der Waals surface area contributed by atoms with Crippen molar-refractivity contribution in [2.75, 3.05) is 44.2 Å². The molecule has 1 atom stereocenters. The number of halogens is 2. The van der Waals surface area contributed by atoms with Crippen LogP contribution in [0.3, 0.4) is 0 Å². The third kappa shape index (κ3) is 6.69. The fraction of sp³-hybridized carbons (Fsp3) is 0.579. The van der Waals surface area contributed by atoms with Crippen molar-refractivity contribution in [2.45, 2.75) is 32.5 Å². The summed E-state index contributed by atoms with van der Waals surface area (Å²) in [7, 11) is 0. The van der Waals surface area contributed by atoms with E-state index >= 15 is 0 Å². The van der Waals surface area contributed by atoms with Crippen molar-refractivity contribution in [1.29, 1.82) is 0 Å². The minimum Gasteiger partial charge on any atom is -0.389 e. The van der Waals surface area contributed by atoms with E-state index in [1.165, 1.54) is 11.3 Å². The third-order valence-corrected chi connectivity index (χ3v) is 4.57. The van der Waals surface area contributed by atoms with Gasteiger partial charge in [-0.25, -0.2) is 0 Å². The number of piperazine rings is 1. The van der Waals surface area contributed by atoms with Crippen LogP contribution in [0.25, 0.3) is 0 Å². The zero-order valence-electron chi connectivity index (χ0n) is 15.2. The number of rotatable bonds is 6. The highest BCUT2D eigenvalue weighted by atomic mass is 35.5. The molecule has 140 valence electrons. The molecule has 6 heteroatoms. The molecule has 1 fully saturated rings. The number of aliphatic hydroxyl groups excluding tert-OH is 1. The smallest absolute Gasteiger partial charge is 0.122 e. The van der Waals surface area contributed by atoms with Crippen LogP contribution in [0.2, 0.25) is 5.02 Å². The molecule has 1 N–H and O–H groups in total. The van der Waals surface area contributed by atoms with E-state index in [-0.39, 0.29) is 19.0 Å². The Morgan fingerprint density at radius 3 is 2.56 bits per heavy atom. The van der Waals surface area contributed by atoms with Crippen LogP contribution in [-0.2, 0) is 4.74 Å². The predicted octanol–water partition coefficient (Wildman–Crippen LogP) is 2.98. The van der Waals surface area contributed by atoms with Gasteiger partial charge >= 0.3 is 0 Å². The predicted molar refractivity (Wildman–Crippen MR) is 107 cm³/mol. The molecule has 1 saturated heterocycles. The number of β-amino-alcohol motifs (C(OH)–C–C–N with tert-alkyl or cyclic N) is 1. The van der Waals surface area contributed by atoms with Crippen LogP contribution >= 0.6 is 24.0 Å². The Bertz CT molecular complexity index is 594. The molecule has 1 aromatic carbocycles. The van der Waals surface area contributed by atoms with Crippen molar-refractivity contribution in [2.24, 2.45) is 0 Å². The fourth-order valence-electron chi connectivity index (χ4n) is 2.79. The average Bonchev–Trinajstić information content (AvgIpc) is 2.56. The third-order valence-electron chi connectivity index (χ3n) is 4.34. The molecule has 2 rings (SSSR count). The maximum atomic E-state index is 10.2. The van der Waals surface area contributed by atoms with Gasteiger partial charge in [-0.2, -0.15) is 0 Å². The van der Waals surface area contributed by atoms with Crippen LogP contribution < -0.4 is 4.90 Å². The van der Waals surface area contributed by atoms with Gasteiger partial charge in [0, 0.05) is 43.4 Å². The monoisotopic (exact) mass is 386 g/mol. The summed E-state index contributed by atoms with van der Waals surface area (Å²) in [6, 6.07) is 6.00. The number of nitrogens with zero attached hydrogens (tertiary/aromatic N) is 2. The molecule has 1 heterocycles. The van der Waals surface area contributed by atoms with Crippen LogP contribution in [0.4, 0.5) is 5.69 Å².